The Balaban J connectivity index is 1.67. The van der Waals surface area contributed by atoms with Crippen molar-refractivity contribution in [2.45, 2.75) is 37.2 Å². The Bertz CT molecular complexity index is 1030. The number of aryl methyl sites for hydroxylation is 3. The molecule has 2 aromatic carbocycles. The maximum atomic E-state index is 13.2. The van der Waals surface area contributed by atoms with Gasteiger partial charge in [0.15, 0.2) is 0 Å². The molecule has 1 aliphatic heterocycles. The van der Waals surface area contributed by atoms with Gasteiger partial charge in [0.2, 0.25) is 11.1 Å². The van der Waals surface area contributed by atoms with Crippen LogP contribution >= 0.6 is 27.7 Å². The lowest BCUT2D eigenvalue weighted by molar-refractivity contribution is -0.116. The average Bonchev–Trinajstić information content (AvgIpc) is 3.04. The van der Waals surface area contributed by atoms with Gasteiger partial charge < -0.3 is 10.7 Å². The van der Waals surface area contributed by atoms with Gasteiger partial charge in [-0.2, -0.15) is 0 Å². The molecule has 144 valence electrons. The number of nitrogens with zero attached hydrogens (tertiary/aromatic N) is 3. The summed E-state index contributed by atoms with van der Waals surface area (Å²) in [6.07, 6.45) is 0. The summed E-state index contributed by atoms with van der Waals surface area (Å²) in [4.78, 5) is 13.2. The molecule has 2 heterocycles. The van der Waals surface area contributed by atoms with E-state index in [0.29, 0.717) is 5.16 Å². The van der Waals surface area contributed by atoms with Gasteiger partial charge >= 0.3 is 0 Å². The fourth-order valence-corrected chi connectivity index (χ4v) is 4.83. The molecule has 6 nitrogen and oxygen atoms in total. The van der Waals surface area contributed by atoms with Crippen molar-refractivity contribution in [2.75, 3.05) is 10.7 Å². The fraction of sp³-hybridized carbons (Fsp3) is 0.250. The third-order valence-corrected chi connectivity index (χ3v) is 6.55. The van der Waals surface area contributed by atoms with Crippen molar-refractivity contribution >= 4 is 39.3 Å². The van der Waals surface area contributed by atoms with Gasteiger partial charge in [-0.1, -0.05) is 47.7 Å². The minimum Gasteiger partial charge on any atom is -0.324 e. The number of amides is 1. The van der Waals surface area contributed by atoms with Gasteiger partial charge in [-0.05, 0) is 60.0 Å². The van der Waals surface area contributed by atoms with Crippen molar-refractivity contribution in [1.29, 1.82) is 0 Å². The number of benzene rings is 2. The summed E-state index contributed by atoms with van der Waals surface area (Å²) < 4.78 is 2.71. The van der Waals surface area contributed by atoms with E-state index in [1.807, 2.05) is 43.6 Å². The highest BCUT2D eigenvalue weighted by Gasteiger charge is 2.37. The van der Waals surface area contributed by atoms with E-state index < -0.39 is 5.25 Å². The van der Waals surface area contributed by atoms with Crippen LogP contribution in [0, 0.1) is 20.8 Å². The highest BCUT2D eigenvalue weighted by atomic mass is 79.9. The SMILES string of the molecule is Cc1ccc([C@H]2Nn3c(C)nnc3S[C@@H]2C(=O)Nc2ccc(C)cc2Br)cc1. The van der Waals surface area contributed by atoms with Crippen molar-refractivity contribution < 1.29 is 4.79 Å². The molecule has 0 unspecified atom stereocenters. The van der Waals surface area contributed by atoms with Gasteiger partial charge in [-0.25, -0.2) is 4.68 Å². The molecule has 0 radical (unpaired) electrons. The molecule has 1 amide bonds. The van der Waals surface area contributed by atoms with E-state index in [2.05, 4.69) is 61.1 Å². The third kappa shape index (κ3) is 3.66. The molecule has 8 heteroatoms. The quantitative estimate of drug-likeness (QED) is 0.610. The zero-order valence-corrected chi connectivity index (χ0v) is 18.1. The zero-order valence-electron chi connectivity index (χ0n) is 15.7. The van der Waals surface area contributed by atoms with Gasteiger partial charge in [0.1, 0.15) is 11.1 Å². The van der Waals surface area contributed by atoms with Crippen LogP contribution in [0.1, 0.15) is 28.6 Å². The number of carbonyl (C=O) groups is 1. The van der Waals surface area contributed by atoms with Crippen LogP contribution in [0.2, 0.25) is 0 Å². The topological polar surface area (TPSA) is 71.8 Å². The van der Waals surface area contributed by atoms with Crippen LogP contribution in [0.25, 0.3) is 0 Å². The zero-order chi connectivity index (χ0) is 19.8. The number of carbonyl (C=O) groups excluding carboxylic acids is 1. The largest absolute Gasteiger partial charge is 0.324 e. The molecule has 0 aliphatic carbocycles. The Morgan fingerprint density at radius 1 is 1.11 bits per heavy atom. The maximum Gasteiger partial charge on any atom is 0.240 e. The average molecular weight is 458 g/mol. The molecule has 0 spiro atoms. The predicted molar refractivity (Wildman–Crippen MR) is 115 cm³/mol. The van der Waals surface area contributed by atoms with Crippen molar-refractivity contribution in [2.24, 2.45) is 0 Å². The number of anilines is 1. The lowest BCUT2D eigenvalue weighted by atomic mass is 10.0. The Morgan fingerprint density at radius 2 is 1.82 bits per heavy atom. The lowest BCUT2D eigenvalue weighted by Crippen LogP contribution is -2.41. The third-order valence-electron chi connectivity index (χ3n) is 4.68. The number of halogens is 1. The summed E-state index contributed by atoms with van der Waals surface area (Å²) in [6.45, 7) is 5.95. The summed E-state index contributed by atoms with van der Waals surface area (Å²) >= 11 is 4.95. The van der Waals surface area contributed by atoms with Gasteiger partial charge in [-0.3, -0.25) is 4.79 Å². The molecule has 2 N–H and O–H groups in total. The monoisotopic (exact) mass is 457 g/mol. The summed E-state index contributed by atoms with van der Waals surface area (Å²) in [7, 11) is 0. The molecule has 0 fully saturated rings. The number of fused-ring (bicyclic) bond motifs is 1. The number of thioether (sulfide) groups is 1. The van der Waals surface area contributed by atoms with Crippen molar-refractivity contribution in [3.05, 3.63) is 69.5 Å². The summed E-state index contributed by atoms with van der Waals surface area (Å²) in [5, 5.41) is 11.7. The first-order valence-corrected chi connectivity index (χ1v) is 10.6. The first-order chi connectivity index (χ1) is 13.4. The van der Waals surface area contributed by atoms with E-state index in [1.54, 1.807) is 0 Å². The number of hydrogen-bond acceptors (Lipinski definition) is 5. The van der Waals surface area contributed by atoms with E-state index in [4.69, 9.17) is 0 Å². The standard InChI is InChI=1S/C20H20BrN5OS/c1-11-4-7-14(8-5-11)17-18(28-20-24-23-13(3)26(20)25-17)19(27)22-16-9-6-12(2)10-15(16)21/h4-10,17-18,25H,1-3H3,(H,22,27)/t17-,18+/m1/s1. The van der Waals surface area contributed by atoms with Crippen LogP contribution in [-0.4, -0.2) is 26.0 Å². The second kappa shape index (κ2) is 7.60. The molecule has 0 saturated carbocycles. The van der Waals surface area contributed by atoms with E-state index in [1.165, 1.54) is 17.3 Å². The summed E-state index contributed by atoms with van der Waals surface area (Å²) in [6, 6.07) is 13.9. The highest BCUT2D eigenvalue weighted by Crippen LogP contribution is 2.38. The van der Waals surface area contributed by atoms with Gasteiger partial charge in [-0.15, -0.1) is 10.2 Å². The second-order valence-electron chi connectivity index (χ2n) is 6.89. The molecule has 28 heavy (non-hydrogen) atoms. The molecule has 0 saturated heterocycles. The van der Waals surface area contributed by atoms with Crippen molar-refractivity contribution in [1.82, 2.24) is 14.9 Å². The van der Waals surface area contributed by atoms with Crippen LogP contribution in [0.5, 0.6) is 0 Å². The smallest absolute Gasteiger partial charge is 0.240 e. The van der Waals surface area contributed by atoms with Crippen molar-refractivity contribution in [3.8, 4) is 0 Å². The molecule has 0 bridgehead atoms. The van der Waals surface area contributed by atoms with Crippen LogP contribution in [0.3, 0.4) is 0 Å². The van der Waals surface area contributed by atoms with Gasteiger partial charge in [0.25, 0.3) is 0 Å². The second-order valence-corrected chi connectivity index (χ2v) is 8.86. The summed E-state index contributed by atoms with van der Waals surface area (Å²) in [5.41, 5.74) is 7.52. The van der Waals surface area contributed by atoms with E-state index >= 15 is 0 Å². The Hall–Kier alpha value is -2.32. The number of aromatic nitrogens is 3. The Kier molecular flexibility index (Phi) is 5.16. The Morgan fingerprint density at radius 3 is 2.54 bits per heavy atom. The maximum absolute atomic E-state index is 13.2. The predicted octanol–water partition coefficient (Wildman–Crippen LogP) is 4.36. The molecular formula is C20H20BrN5OS. The van der Waals surface area contributed by atoms with E-state index in [9.17, 15) is 4.79 Å². The van der Waals surface area contributed by atoms with Crippen molar-refractivity contribution in [3.63, 3.8) is 0 Å². The molecule has 3 aromatic rings. The minimum atomic E-state index is -0.396. The molecular weight excluding hydrogens is 438 g/mol. The number of nitrogens with one attached hydrogen (secondary N) is 2. The first kappa shape index (κ1) is 19.0. The van der Waals surface area contributed by atoms with E-state index in [0.717, 1.165) is 27.1 Å². The molecule has 4 rings (SSSR count). The van der Waals surface area contributed by atoms with Crippen LogP contribution in [0.4, 0.5) is 5.69 Å². The van der Waals surface area contributed by atoms with Gasteiger partial charge in [0, 0.05) is 4.47 Å². The van der Waals surface area contributed by atoms with E-state index in [-0.39, 0.29) is 11.9 Å². The highest BCUT2D eigenvalue weighted by molar-refractivity contribution is 9.10. The van der Waals surface area contributed by atoms with Gasteiger partial charge in [0.05, 0.1) is 11.7 Å². The van der Waals surface area contributed by atoms with Crippen LogP contribution in [-0.2, 0) is 4.79 Å². The normalized spacial score (nSPS) is 18.3. The van der Waals surface area contributed by atoms with Crippen LogP contribution < -0.4 is 10.7 Å². The Labute approximate surface area is 176 Å². The number of hydrogen-bond donors (Lipinski definition) is 2. The lowest BCUT2D eigenvalue weighted by Gasteiger charge is -2.32. The molecule has 1 aliphatic rings. The fourth-order valence-electron chi connectivity index (χ4n) is 3.11. The molecule has 2 atom stereocenters. The number of rotatable bonds is 3. The minimum absolute atomic E-state index is 0.0838. The summed E-state index contributed by atoms with van der Waals surface area (Å²) in [5.74, 6) is 0.680. The van der Waals surface area contributed by atoms with Crippen LogP contribution in [0.15, 0.2) is 52.1 Å². The molecule has 1 aromatic heterocycles. The first-order valence-electron chi connectivity index (χ1n) is 8.91.